The van der Waals surface area contributed by atoms with Crippen molar-refractivity contribution in [2.75, 3.05) is 0 Å². The fourth-order valence-corrected chi connectivity index (χ4v) is 2.49. The van der Waals surface area contributed by atoms with E-state index in [1.54, 1.807) is 0 Å². The van der Waals surface area contributed by atoms with Crippen molar-refractivity contribution in [3.8, 4) is 17.9 Å². The van der Waals surface area contributed by atoms with E-state index in [0.29, 0.717) is 12.8 Å². The molecule has 22 heavy (non-hydrogen) atoms. The van der Waals surface area contributed by atoms with Crippen molar-refractivity contribution in [2.24, 2.45) is 5.92 Å². The third-order valence-electron chi connectivity index (χ3n) is 3.57. The molecule has 1 aromatic rings. The number of ether oxygens (including phenoxy) is 1. The lowest BCUT2D eigenvalue weighted by Crippen LogP contribution is -2.29. The van der Waals surface area contributed by atoms with E-state index in [1.165, 1.54) is 12.1 Å². The second-order valence-electron chi connectivity index (χ2n) is 4.99. The molecule has 1 aliphatic carbocycles. The van der Waals surface area contributed by atoms with E-state index >= 15 is 0 Å². The van der Waals surface area contributed by atoms with Gasteiger partial charge in [-0.3, -0.25) is 0 Å². The SMILES string of the molecule is C.N#Cc1ccc(O[C@@H]2CCCC[C@H]2C#N)cc1C(F)(F)F. The number of hydrogen-bond donors (Lipinski definition) is 0. The van der Waals surface area contributed by atoms with Crippen molar-refractivity contribution in [3.05, 3.63) is 29.3 Å². The maximum atomic E-state index is 12.9. The van der Waals surface area contributed by atoms with Crippen LogP contribution in [0.2, 0.25) is 0 Å². The Labute approximate surface area is 127 Å². The molecule has 3 nitrogen and oxygen atoms in total. The fourth-order valence-electron chi connectivity index (χ4n) is 2.49. The average Bonchev–Trinajstić information content (AvgIpc) is 2.47. The number of halogens is 3. The highest BCUT2D eigenvalue weighted by molar-refractivity contribution is 5.44. The van der Waals surface area contributed by atoms with Crippen LogP contribution in [-0.4, -0.2) is 6.10 Å². The average molecular weight is 310 g/mol. The number of nitriles is 2. The molecule has 1 aliphatic rings. The van der Waals surface area contributed by atoms with E-state index in [1.807, 2.05) is 0 Å². The van der Waals surface area contributed by atoms with Crippen molar-refractivity contribution in [2.45, 2.75) is 45.4 Å². The van der Waals surface area contributed by atoms with E-state index in [4.69, 9.17) is 15.3 Å². The Balaban J connectivity index is 0.00000242. The van der Waals surface area contributed by atoms with Crippen molar-refractivity contribution in [1.82, 2.24) is 0 Å². The Morgan fingerprint density at radius 3 is 2.41 bits per heavy atom. The summed E-state index contributed by atoms with van der Waals surface area (Å²) in [6, 6.07) is 6.95. The molecule has 1 fully saturated rings. The van der Waals surface area contributed by atoms with Crippen LogP contribution in [0.25, 0.3) is 0 Å². The van der Waals surface area contributed by atoms with Gasteiger partial charge in [-0.2, -0.15) is 23.7 Å². The molecule has 2 atom stereocenters. The third-order valence-corrected chi connectivity index (χ3v) is 3.57. The zero-order valence-corrected chi connectivity index (χ0v) is 11.2. The van der Waals surface area contributed by atoms with Crippen molar-refractivity contribution >= 4 is 0 Å². The quantitative estimate of drug-likeness (QED) is 0.797. The Hall–Kier alpha value is -2.21. The zero-order chi connectivity index (χ0) is 15.5. The van der Waals surface area contributed by atoms with Gasteiger partial charge in [-0.05, 0) is 37.5 Å². The van der Waals surface area contributed by atoms with Crippen LogP contribution in [0.3, 0.4) is 0 Å². The number of rotatable bonds is 2. The van der Waals surface area contributed by atoms with Gasteiger partial charge in [-0.25, -0.2) is 0 Å². The van der Waals surface area contributed by atoms with E-state index in [0.717, 1.165) is 25.0 Å². The van der Waals surface area contributed by atoms with Crippen LogP contribution in [0.4, 0.5) is 13.2 Å². The number of benzene rings is 1. The Kier molecular flexibility index (Phi) is 5.82. The monoisotopic (exact) mass is 310 g/mol. The van der Waals surface area contributed by atoms with Gasteiger partial charge in [0.05, 0.1) is 29.2 Å². The summed E-state index contributed by atoms with van der Waals surface area (Å²) >= 11 is 0. The van der Waals surface area contributed by atoms with Gasteiger partial charge in [0, 0.05) is 0 Å². The molecule has 0 aliphatic heterocycles. The van der Waals surface area contributed by atoms with Crippen LogP contribution in [-0.2, 0) is 6.18 Å². The van der Waals surface area contributed by atoms with Crippen LogP contribution in [0, 0.1) is 28.6 Å². The largest absolute Gasteiger partial charge is 0.489 e. The second kappa shape index (κ2) is 7.17. The lowest BCUT2D eigenvalue weighted by atomic mass is 9.87. The summed E-state index contributed by atoms with van der Waals surface area (Å²) in [6.45, 7) is 0. The minimum absolute atomic E-state index is 0. The number of alkyl halides is 3. The van der Waals surface area contributed by atoms with Crippen LogP contribution < -0.4 is 4.74 Å². The molecular formula is C16H17F3N2O. The summed E-state index contributed by atoms with van der Waals surface area (Å²) in [6.07, 6.45) is -1.82. The predicted octanol–water partition coefficient (Wildman–Crippen LogP) is 4.67. The first-order valence-corrected chi connectivity index (χ1v) is 6.63. The first-order chi connectivity index (χ1) is 9.95. The van der Waals surface area contributed by atoms with E-state index < -0.39 is 23.4 Å². The van der Waals surface area contributed by atoms with Gasteiger partial charge in [0.25, 0.3) is 0 Å². The van der Waals surface area contributed by atoms with Crippen molar-refractivity contribution in [1.29, 1.82) is 10.5 Å². The Bertz CT molecular complexity index is 599. The minimum atomic E-state index is -4.61. The van der Waals surface area contributed by atoms with Crippen molar-refractivity contribution < 1.29 is 17.9 Å². The molecule has 1 saturated carbocycles. The maximum Gasteiger partial charge on any atom is 0.417 e. The van der Waals surface area contributed by atoms with Crippen molar-refractivity contribution in [3.63, 3.8) is 0 Å². The minimum Gasteiger partial charge on any atom is -0.489 e. The van der Waals surface area contributed by atoms with Crippen LogP contribution in [0.5, 0.6) is 5.75 Å². The molecule has 6 heteroatoms. The molecule has 1 aromatic carbocycles. The molecule has 0 amide bonds. The summed E-state index contributed by atoms with van der Waals surface area (Å²) in [5.41, 5.74) is -1.44. The van der Waals surface area contributed by atoms with Crippen LogP contribution in [0.1, 0.15) is 44.2 Å². The highest BCUT2D eigenvalue weighted by Gasteiger charge is 2.34. The van der Waals surface area contributed by atoms with Crippen LogP contribution >= 0.6 is 0 Å². The summed E-state index contributed by atoms with van der Waals surface area (Å²) in [7, 11) is 0. The smallest absolute Gasteiger partial charge is 0.417 e. The molecule has 0 radical (unpaired) electrons. The highest BCUT2D eigenvalue weighted by atomic mass is 19.4. The molecule has 0 aromatic heterocycles. The van der Waals surface area contributed by atoms with Gasteiger partial charge in [0.1, 0.15) is 11.9 Å². The molecular weight excluding hydrogens is 293 g/mol. The number of nitrogens with zero attached hydrogens (tertiary/aromatic N) is 2. The molecule has 2 rings (SSSR count). The van der Waals surface area contributed by atoms with E-state index in [2.05, 4.69) is 6.07 Å². The summed E-state index contributed by atoms with van der Waals surface area (Å²) in [5.74, 6) is -0.253. The first kappa shape index (κ1) is 17.8. The summed E-state index contributed by atoms with van der Waals surface area (Å²) in [4.78, 5) is 0. The van der Waals surface area contributed by atoms with E-state index in [9.17, 15) is 13.2 Å². The highest BCUT2D eigenvalue weighted by Crippen LogP contribution is 2.35. The fraction of sp³-hybridized carbons (Fsp3) is 0.500. The second-order valence-corrected chi connectivity index (χ2v) is 4.99. The molecule has 0 N–H and O–H groups in total. The Morgan fingerprint density at radius 1 is 1.14 bits per heavy atom. The van der Waals surface area contributed by atoms with E-state index in [-0.39, 0.29) is 19.1 Å². The van der Waals surface area contributed by atoms with Gasteiger partial charge in [0.15, 0.2) is 0 Å². The molecule has 0 heterocycles. The zero-order valence-electron chi connectivity index (χ0n) is 11.2. The molecule has 0 bridgehead atoms. The molecule has 0 spiro atoms. The van der Waals surface area contributed by atoms with Gasteiger partial charge in [0.2, 0.25) is 0 Å². The van der Waals surface area contributed by atoms with Gasteiger partial charge in [-0.1, -0.05) is 13.8 Å². The molecule has 118 valence electrons. The lowest BCUT2D eigenvalue weighted by molar-refractivity contribution is -0.137. The van der Waals surface area contributed by atoms with Gasteiger partial charge >= 0.3 is 6.18 Å². The number of hydrogen-bond acceptors (Lipinski definition) is 3. The predicted molar refractivity (Wildman–Crippen MR) is 74.9 cm³/mol. The maximum absolute atomic E-state index is 12.9. The molecule has 0 saturated heterocycles. The van der Waals surface area contributed by atoms with Gasteiger partial charge in [-0.15, -0.1) is 0 Å². The van der Waals surface area contributed by atoms with Crippen LogP contribution in [0.15, 0.2) is 18.2 Å². The standard InChI is InChI=1S/C15H13F3N2O.CH4/c16-15(17,18)13-7-12(6-5-10(13)8-19)21-14-4-2-1-3-11(14)9-20;/h5-7,11,14H,1-4H2;1H4/t11-,14+;/m0./s1. The molecule has 0 unspecified atom stereocenters. The topological polar surface area (TPSA) is 56.8 Å². The normalized spacial score (nSPS) is 21.1. The lowest BCUT2D eigenvalue weighted by Gasteiger charge is -2.27. The third kappa shape index (κ3) is 3.92. The summed E-state index contributed by atoms with van der Waals surface area (Å²) < 4.78 is 44.2. The summed E-state index contributed by atoms with van der Waals surface area (Å²) in [5, 5.41) is 17.8. The Morgan fingerprint density at radius 2 is 1.82 bits per heavy atom. The van der Waals surface area contributed by atoms with Gasteiger partial charge < -0.3 is 4.74 Å². The first-order valence-electron chi connectivity index (χ1n) is 6.63.